The second-order valence-corrected chi connectivity index (χ2v) is 5.67. The maximum Gasteiger partial charge on any atom is 0.414 e. The summed E-state index contributed by atoms with van der Waals surface area (Å²) in [6.45, 7) is 8.21. The quantitative estimate of drug-likeness (QED) is 0.718. The van der Waals surface area contributed by atoms with E-state index in [1.807, 2.05) is 39.8 Å². The molecule has 98 valence electrons. The molecule has 1 aromatic carbocycles. The summed E-state index contributed by atoms with van der Waals surface area (Å²) >= 11 is 0. The predicted molar refractivity (Wildman–Crippen MR) is 72.9 cm³/mol. The number of ether oxygens (including phenoxy) is 1. The molecule has 1 aliphatic heterocycles. The molecule has 0 fully saturated rings. The number of rotatable bonds is 0. The molecule has 0 saturated heterocycles. The minimum atomic E-state index is -0.478. The molecule has 0 spiro atoms. The molecule has 0 unspecified atom stereocenters. The molecular formula is C14H20N2O2. The van der Waals surface area contributed by atoms with E-state index in [4.69, 9.17) is 10.5 Å². The molecule has 2 rings (SSSR count). The Balaban J connectivity index is 2.31. The first kappa shape index (κ1) is 12.7. The van der Waals surface area contributed by atoms with Crippen molar-refractivity contribution in [3.63, 3.8) is 0 Å². The first-order chi connectivity index (χ1) is 8.29. The Bertz CT molecular complexity index is 489. The minimum Gasteiger partial charge on any atom is -0.443 e. The molecule has 2 N–H and O–H groups in total. The van der Waals surface area contributed by atoms with Gasteiger partial charge in [-0.15, -0.1) is 0 Å². The summed E-state index contributed by atoms with van der Waals surface area (Å²) in [4.78, 5) is 13.8. The number of carbonyl (C=O) groups is 1. The molecular weight excluding hydrogens is 228 g/mol. The fourth-order valence-corrected chi connectivity index (χ4v) is 2.19. The van der Waals surface area contributed by atoms with Crippen molar-refractivity contribution in [1.82, 2.24) is 0 Å². The van der Waals surface area contributed by atoms with E-state index >= 15 is 0 Å². The van der Waals surface area contributed by atoms with E-state index < -0.39 is 5.60 Å². The Morgan fingerprint density at radius 2 is 2.06 bits per heavy atom. The number of nitrogens with zero attached hydrogens (tertiary/aromatic N) is 1. The van der Waals surface area contributed by atoms with E-state index in [-0.39, 0.29) is 6.09 Å². The second-order valence-electron chi connectivity index (χ2n) is 5.67. The highest BCUT2D eigenvalue weighted by molar-refractivity contribution is 5.93. The molecule has 18 heavy (non-hydrogen) atoms. The van der Waals surface area contributed by atoms with Crippen molar-refractivity contribution in [2.75, 3.05) is 17.2 Å². The van der Waals surface area contributed by atoms with Crippen LogP contribution in [0.2, 0.25) is 0 Å². The Morgan fingerprint density at radius 3 is 2.67 bits per heavy atom. The molecule has 4 nitrogen and oxygen atoms in total. The molecule has 4 heteroatoms. The molecule has 1 aromatic rings. The molecule has 0 radical (unpaired) electrons. The summed E-state index contributed by atoms with van der Waals surface area (Å²) in [6.07, 6.45) is 0.560. The monoisotopic (exact) mass is 248 g/mol. The number of nitrogen functional groups attached to an aromatic ring is 1. The lowest BCUT2D eigenvalue weighted by atomic mass is 10.1. The summed E-state index contributed by atoms with van der Waals surface area (Å²) < 4.78 is 5.42. The van der Waals surface area contributed by atoms with Gasteiger partial charge in [0.05, 0.1) is 5.69 Å². The number of amides is 1. The molecule has 1 aliphatic rings. The van der Waals surface area contributed by atoms with Crippen LogP contribution in [0.5, 0.6) is 0 Å². The standard InChI is InChI=1S/C14H20N2O2/c1-9-11(15)6-5-10-7-8-16(12(9)10)13(17)18-14(2,3)4/h5-6H,7-8,15H2,1-4H3. The summed E-state index contributed by atoms with van der Waals surface area (Å²) in [7, 11) is 0. The van der Waals surface area contributed by atoms with Gasteiger partial charge in [-0.2, -0.15) is 0 Å². The van der Waals surface area contributed by atoms with Crippen LogP contribution >= 0.6 is 0 Å². The maximum absolute atomic E-state index is 12.2. The van der Waals surface area contributed by atoms with E-state index in [0.717, 1.165) is 23.2 Å². The van der Waals surface area contributed by atoms with Gasteiger partial charge in [0.1, 0.15) is 5.60 Å². The first-order valence-corrected chi connectivity index (χ1v) is 6.18. The predicted octanol–water partition coefficient (Wildman–Crippen LogP) is 2.87. The Morgan fingerprint density at radius 1 is 1.39 bits per heavy atom. The zero-order valence-corrected chi connectivity index (χ0v) is 11.4. The van der Waals surface area contributed by atoms with Crippen LogP contribution < -0.4 is 10.6 Å². The van der Waals surface area contributed by atoms with Crippen LogP contribution in [0, 0.1) is 6.92 Å². The highest BCUT2D eigenvalue weighted by Crippen LogP contribution is 2.35. The molecule has 0 saturated carbocycles. The second kappa shape index (κ2) is 4.19. The maximum atomic E-state index is 12.2. The van der Waals surface area contributed by atoms with Crippen molar-refractivity contribution in [2.24, 2.45) is 0 Å². The highest BCUT2D eigenvalue weighted by Gasteiger charge is 2.30. The number of benzene rings is 1. The van der Waals surface area contributed by atoms with Gasteiger partial charge in [0, 0.05) is 12.2 Å². The van der Waals surface area contributed by atoms with Crippen molar-refractivity contribution in [3.8, 4) is 0 Å². The number of hydrogen-bond donors (Lipinski definition) is 1. The van der Waals surface area contributed by atoms with E-state index in [0.29, 0.717) is 12.2 Å². The van der Waals surface area contributed by atoms with Crippen molar-refractivity contribution in [1.29, 1.82) is 0 Å². The topological polar surface area (TPSA) is 55.6 Å². The van der Waals surface area contributed by atoms with Crippen LogP contribution in [0.1, 0.15) is 31.9 Å². The SMILES string of the molecule is Cc1c(N)ccc2c1N(C(=O)OC(C)(C)C)CC2. The number of fused-ring (bicyclic) bond motifs is 1. The van der Waals surface area contributed by atoms with Crippen LogP contribution in [-0.2, 0) is 11.2 Å². The molecule has 1 heterocycles. The first-order valence-electron chi connectivity index (χ1n) is 6.18. The Kier molecular flexibility index (Phi) is 2.97. The van der Waals surface area contributed by atoms with Gasteiger partial charge in [-0.25, -0.2) is 4.79 Å². The largest absolute Gasteiger partial charge is 0.443 e. The van der Waals surface area contributed by atoms with Gasteiger partial charge >= 0.3 is 6.09 Å². The van der Waals surface area contributed by atoms with Crippen LogP contribution in [0.25, 0.3) is 0 Å². The van der Waals surface area contributed by atoms with E-state index in [2.05, 4.69) is 0 Å². The smallest absolute Gasteiger partial charge is 0.414 e. The van der Waals surface area contributed by atoms with Crippen molar-refractivity contribution < 1.29 is 9.53 Å². The van der Waals surface area contributed by atoms with E-state index in [9.17, 15) is 4.79 Å². The van der Waals surface area contributed by atoms with Crippen LogP contribution in [0.3, 0.4) is 0 Å². The zero-order chi connectivity index (χ0) is 13.5. The number of anilines is 2. The minimum absolute atomic E-state index is 0.296. The highest BCUT2D eigenvalue weighted by atomic mass is 16.6. The molecule has 0 aliphatic carbocycles. The van der Waals surface area contributed by atoms with Crippen molar-refractivity contribution in [2.45, 2.75) is 39.7 Å². The normalized spacial score (nSPS) is 14.6. The number of nitrogens with two attached hydrogens (primary N) is 1. The number of hydrogen-bond acceptors (Lipinski definition) is 3. The van der Waals surface area contributed by atoms with Crippen molar-refractivity contribution in [3.05, 3.63) is 23.3 Å². The summed E-state index contributed by atoms with van der Waals surface area (Å²) in [5.74, 6) is 0. The molecule has 0 atom stereocenters. The van der Waals surface area contributed by atoms with Crippen LogP contribution in [-0.4, -0.2) is 18.2 Å². The molecule has 0 aromatic heterocycles. The third kappa shape index (κ3) is 2.28. The number of carbonyl (C=O) groups excluding carboxylic acids is 1. The lowest BCUT2D eigenvalue weighted by molar-refractivity contribution is 0.0584. The van der Waals surface area contributed by atoms with E-state index in [1.54, 1.807) is 4.90 Å². The molecule has 1 amide bonds. The Labute approximate surface area is 108 Å². The fourth-order valence-electron chi connectivity index (χ4n) is 2.19. The van der Waals surface area contributed by atoms with Gasteiger partial charge < -0.3 is 10.5 Å². The van der Waals surface area contributed by atoms with Gasteiger partial charge in [0.2, 0.25) is 0 Å². The van der Waals surface area contributed by atoms with E-state index in [1.165, 1.54) is 0 Å². The van der Waals surface area contributed by atoms with Crippen LogP contribution in [0.4, 0.5) is 16.2 Å². The molecule has 0 bridgehead atoms. The van der Waals surface area contributed by atoms with Crippen molar-refractivity contribution >= 4 is 17.5 Å². The van der Waals surface area contributed by atoms with Gasteiger partial charge in [-0.05, 0) is 51.3 Å². The Hall–Kier alpha value is -1.71. The lowest BCUT2D eigenvalue weighted by Gasteiger charge is -2.25. The third-order valence-electron chi connectivity index (χ3n) is 3.05. The van der Waals surface area contributed by atoms with Gasteiger partial charge in [0.15, 0.2) is 0 Å². The van der Waals surface area contributed by atoms with Gasteiger partial charge in [-0.1, -0.05) is 6.07 Å². The fraction of sp³-hybridized carbons (Fsp3) is 0.500. The summed E-state index contributed by atoms with van der Waals surface area (Å²) in [5, 5.41) is 0. The third-order valence-corrected chi connectivity index (χ3v) is 3.05. The summed E-state index contributed by atoms with van der Waals surface area (Å²) in [6, 6.07) is 3.88. The summed E-state index contributed by atoms with van der Waals surface area (Å²) in [5.41, 5.74) is 9.17. The average molecular weight is 248 g/mol. The average Bonchev–Trinajstić information content (AvgIpc) is 2.65. The van der Waals surface area contributed by atoms with Crippen LogP contribution in [0.15, 0.2) is 12.1 Å². The lowest BCUT2D eigenvalue weighted by Crippen LogP contribution is -2.36. The van der Waals surface area contributed by atoms with Gasteiger partial charge in [0.25, 0.3) is 0 Å². The zero-order valence-electron chi connectivity index (χ0n) is 11.4. The van der Waals surface area contributed by atoms with Gasteiger partial charge in [-0.3, -0.25) is 4.90 Å².